The number of nitrogens with zero attached hydrogens (tertiary/aromatic N) is 1. The fourth-order valence-electron chi connectivity index (χ4n) is 1.90. The molecule has 5 heteroatoms. The van der Waals surface area contributed by atoms with Crippen molar-refractivity contribution in [3.8, 4) is 5.69 Å². The number of benzene rings is 2. The van der Waals surface area contributed by atoms with Crippen LogP contribution in [0.1, 0.15) is 0 Å². The van der Waals surface area contributed by atoms with Crippen LogP contribution in [0, 0.1) is 15.3 Å². The lowest BCUT2D eigenvalue weighted by Gasteiger charge is -2.08. The molecular weight excluding hydrogens is 281 g/mol. The van der Waals surface area contributed by atoms with Crippen LogP contribution >= 0.6 is 24.4 Å². The molecule has 3 aromatic rings. The Bertz CT molecular complexity index is 868. The normalized spacial score (nSPS) is 10.8. The minimum Gasteiger partial charge on any atom is -0.431 e. The van der Waals surface area contributed by atoms with Crippen molar-refractivity contribution in [3.05, 3.63) is 63.8 Å². The van der Waals surface area contributed by atoms with Crippen LogP contribution in [0.2, 0.25) is 0 Å². The van der Waals surface area contributed by atoms with Gasteiger partial charge in [0.05, 0.1) is 11.1 Å². The molecule has 0 aliphatic rings. The zero-order chi connectivity index (χ0) is 13.4. The monoisotopic (exact) mass is 289 g/mol. The summed E-state index contributed by atoms with van der Waals surface area (Å²) in [6, 6.07) is 13.6. The Morgan fingerprint density at radius 2 is 1.74 bits per heavy atom. The quantitative estimate of drug-likeness (QED) is 0.598. The maximum absolute atomic E-state index is 13.3. The van der Waals surface area contributed by atoms with Crippen LogP contribution in [-0.4, -0.2) is 4.57 Å². The van der Waals surface area contributed by atoms with Gasteiger partial charge in [0.2, 0.25) is 0 Å². The minimum absolute atomic E-state index is 0.246. The minimum atomic E-state index is -0.356. The maximum Gasteiger partial charge on any atom is 0.274 e. The van der Waals surface area contributed by atoms with Gasteiger partial charge in [-0.25, -0.2) is 4.39 Å². The van der Waals surface area contributed by atoms with Gasteiger partial charge in [0.25, 0.3) is 4.84 Å². The number of hydrogen-bond donors (Lipinski definition) is 0. The zero-order valence-corrected chi connectivity index (χ0v) is 11.3. The van der Waals surface area contributed by atoms with Crippen LogP contribution in [-0.2, 0) is 0 Å². The Hall–Kier alpha value is -1.85. The van der Waals surface area contributed by atoms with Crippen molar-refractivity contribution in [2.24, 2.45) is 0 Å². The molecule has 0 N–H and O–H groups in total. The Kier molecular flexibility index (Phi) is 3.00. The average Bonchev–Trinajstić information content (AvgIpc) is 2.41. The number of fused-ring (bicyclic) bond motifs is 1. The van der Waals surface area contributed by atoms with Crippen molar-refractivity contribution in [1.82, 2.24) is 4.57 Å². The van der Waals surface area contributed by atoms with Gasteiger partial charge in [-0.2, -0.15) is 0 Å². The van der Waals surface area contributed by atoms with Crippen LogP contribution in [0.5, 0.6) is 0 Å². The summed E-state index contributed by atoms with van der Waals surface area (Å²) in [5, 5.41) is 0.535. The molecule has 94 valence electrons. The summed E-state index contributed by atoms with van der Waals surface area (Å²) in [5.41, 5.74) is 1.29. The van der Waals surface area contributed by atoms with Crippen molar-refractivity contribution in [2.75, 3.05) is 0 Å². The van der Waals surface area contributed by atoms with Crippen LogP contribution in [0.15, 0.2) is 52.9 Å². The smallest absolute Gasteiger partial charge is 0.274 e. The molecular formula is C14H8FNOS2. The summed E-state index contributed by atoms with van der Waals surface area (Å²) < 4.78 is 20.9. The Morgan fingerprint density at radius 1 is 1.00 bits per heavy atom. The van der Waals surface area contributed by atoms with Crippen LogP contribution in [0.25, 0.3) is 16.7 Å². The van der Waals surface area contributed by atoms with Crippen molar-refractivity contribution < 1.29 is 8.81 Å². The number of halogens is 1. The third-order valence-corrected chi connectivity index (χ3v) is 3.44. The van der Waals surface area contributed by atoms with E-state index >= 15 is 0 Å². The Balaban J connectivity index is 2.44. The zero-order valence-electron chi connectivity index (χ0n) is 9.67. The van der Waals surface area contributed by atoms with Crippen molar-refractivity contribution in [2.45, 2.75) is 0 Å². The predicted molar refractivity (Wildman–Crippen MR) is 77.2 cm³/mol. The first-order valence-corrected chi connectivity index (χ1v) is 6.39. The molecule has 0 saturated heterocycles. The highest BCUT2D eigenvalue weighted by molar-refractivity contribution is 7.72. The van der Waals surface area contributed by atoms with Crippen molar-refractivity contribution in [1.29, 1.82) is 0 Å². The van der Waals surface area contributed by atoms with E-state index < -0.39 is 0 Å². The molecule has 2 nitrogen and oxygen atoms in total. The number of rotatable bonds is 1. The van der Waals surface area contributed by atoms with Gasteiger partial charge in [0, 0.05) is 0 Å². The third-order valence-electron chi connectivity index (χ3n) is 2.77. The van der Waals surface area contributed by atoms with Gasteiger partial charge >= 0.3 is 0 Å². The summed E-state index contributed by atoms with van der Waals surface area (Å²) in [7, 11) is 0. The first kappa shape index (κ1) is 12.2. The molecule has 1 heterocycles. The standard InChI is InChI=1S/C14H8FNOS2/c15-9-6-7-12-11(8-9)13(18)16(14(19)17-12)10-4-2-1-3-5-10/h1-8H. The highest BCUT2D eigenvalue weighted by Gasteiger charge is 2.07. The molecule has 19 heavy (non-hydrogen) atoms. The van der Waals surface area contributed by atoms with Crippen LogP contribution in [0.3, 0.4) is 0 Å². The van der Waals surface area contributed by atoms with Gasteiger partial charge in [-0.3, -0.25) is 4.57 Å². The summed E-state index contributed by atoms with van der Waals surface area (Å²) >= 11 is 10.6. The van der Waals surface area contributed by atoms with E-state index in [1.54, 1.807) is 4.57 Å². The second-order valence-electron chi connectivity index (χ2n) is 3.98. The van der Waals surface area contributed by atoms with Crippen molar-refractivity contribution in [3.63, 3.8) is 0 Å². The molecule has 1 aromatic heterocycles. The van der Waals surface area contributed by atoms with Gasteiger partial charge in [0.1, 0.15) is 16.0 Å². The van der Waals surface area contributed by atoms with Crippen LogP contribution in [0.4, 0.5) is 4.39 Å². The molecule has 0 bridgehead atoms. The Labute approximate surface area is 118 Å². The van der Waals surface area contributed by atoms with E-state index in [0.717, 1.165) is 5.69 Å². The molecule has 0 aliphatic carbocycles. The van der Waals surface area contributed by atoms with E-state index in [2.05, 4.69) is 0 Å². The third kappa shape index (κ3) is 2.11. The molecule has 0 saturated carbocycles. The van der Waals surface area contributed by atoms with Gasteiger partial charge in [0.15, 0.2) is 0 Å². The first-order chi connectivity index (χ1) is 9.16. The predicted octanol–water partition coefficient (Wildman–Crippen LogP) is 4.82. The molecule has 0 radical (unpaired) electrons. The lowest BCUT2D eigenvalue weighted by atomic mass is 10.2. The van der Waals surface area contributed by atoms with E-state index in [9.17, 15) is 4.39 Å². The second-order valence-corrected chi connectivity index (χ2v) is 4.72. The van der Waals surface area contributed by atoms with E-state index in [0.29, 0.717) is 15.6 Å². The van der Waals surface area contributed by atoms with Crippen molar-refractivity contribution >= 4 is 35.4 Å². The lowest BCUT2D eigenvalue weighted by Crippen LogP contribution is -1.99. The summed E-state index contributed by atoms with van der Waals surface area (Å²) in [6.45, 7) is 0. The summed E-state index contributed by atoms with van der Waals surface area (Å²) in [4.78, 5) is 0.246. The van der Waals surface area contributed by atoms with Gasteiger partial charge < -0.3 is 4.42 Å². The number of hydrogen-bond acceptors (Lipinski definition) is 3. The van der Waals surface area contributed by atoms with E-state index in [1.165, 1.54) is 18.2 Å². The van der Waals surface area contributed by atoms with E-state index in [4.69, 9.17) is 28.9 Å². The molecule has 0 fully saturated rings. The first-order valence-electron chi connectivity index (χ1n) is 5.58. The van der Waals surface area contributed by atoms with Crippen LogP contribution < -0.4 is 0 Å². The van der Waals surface area contributed by atoms with Gasteiger partial charge in [-0.1, -0.05) is 30.4 Å². The highest BCUT2D eigenvalue weighted by Crippen LogP contribution is 2.21. The van der Waals surface area contributed by atoms with Gasteiger partial charge in [-0.05, 0) is 42.5 Å². The summed E-state index contributed by atoms with van der Waals surface area (Å²) in [6.07, 6.45) is 0. The average molecular weight is 289 g/mol. The lowest BCUT2D eigenvalue weighted by molar-refractivity contribution is 0.535. The number of para-hydroxylation sites is 1. The molecule has 0 aliphatic heterocycles. The fraction of sp³-hybridized carbons (Fsp3) is 0. The SMILES string of the molecule is Fc1ccc2oc(=S)n(-c3ccccc3)c(=S)c2c1. The second kappa shape index (κ2) is 4.68. The largest absolute Gasteiger partial charge is 0.431 e. The highest BCUT2D eigenvalue weighted by atomic mass is 32.1. The Morgan fingerprint density at radius 3 is 2.47 bits per heavy atom. The maximum atomic E-state index is 13.3. The topological polar surface area (TPSA) is 18.1 Å². The molecule has 0 amide bonds. The molecule has 0 unspecified atom stereocenters. The van der Waals surface area contributed by atoms with E-state index in [1.807, 2.05) is 30.3 Å². The molecule has 3 rings (SSSR count). The molecule has 0 atom stereocenters. The fourth-order valence-corrected chi connectivity index (χ4v) is 2.59. The molecule has 0 spiro atoms. The van der Waals surface area contributed by atoms with Gasteiger partial charge in [-0.15, -0.1) is 0 Å². The molecule has 2 aromatic carbocycles. The summed E-state index contributed by atoms with van der Waals surface area (Å²) in [5.74, 6) is -0.356. The number of aromatic nitrogens is 1. The van der Waals surface area contributed by atoms with E-state index in [-0.39, 0.29) is 10.7 Å².